The molecule has 1 aromatic heterocycles. The topological polar surface area (TPSA) is 55.9 Å². The molecule has 0 bridgehead atoms. The predicted octanol–water partition coefficient (Wildman–Crippen LogP) is 0.959. The van der Waals surface area contributed by atoms with E-state index in [2.05, 4.69) is 10.3 Å². The van der Waals surface area contributed by atoms with Crippen molar-refractivity contribution in [3.63, 3.8) is 0 Å². The first-order valence-electron chi connectivity index (χ1n) is 5.22. The normalized spacial score (nSPS) is 26.7. The fourth-order valence-corrected chi connectivity index (χ4v) is 2.07. The third-order valence-electron chi connectivity index (χ3n) is 2.95. The van der Waals surface area contributed by atoms with E-state index in [4.69, 9.17) is 5.73 Å². The average molecular weight is 194 g/mol. The van der Waals surface area contributed by atoms with Crippen LogP contribution in [0, 0.1) is 5.92 Å². The van der Waals surface area contributed by atoms with Crippen molar-refractivity contribution in [1.29, 1.82) is 0 Å². The van der Waals surface area contributed by atoms with Gasteiger partial charge in [0.1, 0.15) is 0 Å². The second-order valence-electron chi connectivity index (χ2n) is 4.18. The lowest BCUT2D eigenvalue weighted by Crippen LogP contribution is -2.18. The summed E-state index contributed by atoms with van der Waals surface area (Å²) in [6, 6.07) is 0.420. The van der Waals surface area contributed by atoms with Gasteiger partial charge in [-0.2, -0.15) is 0 Å². The predicted molar refractivity (Wildman–Crippen MR) is 57.0 cm³/mol. The van der Waals surface area contributed by atoms with Crippen LogP contribution in [0.1, 0.15) is 19.3 Å². The molecule has 78 valence electrons. The molecule has 4 nitrogen and oxygen atoms in total. The van der Waals surface area contributed by atoms with Gasteiger partial charge in [0.05, 0.1) is 0 Å². The van der Waals surface area contributed by atoms with E-state index < -0.39 is 0 Å². The van der Waals surface area contributed by atoms with Crippen LogP contribution in [0.4, 0.5) is 5.95 Å². The van der Waals surface area contributed by atoms with Crippen LogP contribution in [0.25, 0.3) is 0 Å². The summed E-state index contributed by atoms with van der Waals surface area (Å²) < 4.78 is 1.99. The van der Waals surface area contributed by atoms with Gasteiger partial charge in [0, 0.05) is 32.0 Å². The van der Waals surface area contributed by atoms with Crippen molar-refractivity contribution >= 4 is 5.95 Å². The van der Waals surface area contributed by atoms with Crippen LogP contribution in [-0.4, -0.2) is 22.1 Å². The molecular weight excluding hydrogens is 176 g/mol. The summed E-state index contributed by atoms with van der Waals surface area (Å²) in [4.78, 5) is 4.22. The number of hydrogen-bond donors (Lipinski definition) is 2. The molecule has 2 unspecified atom stereocenters. The molecule has 0 aliphatic heterocycles. The first-order valence-corrected chi connectivity index (χ1v) is 5.22. The maximum Gasteiger partial charge on any atom is 0.202 e. The molecule has 2 rings (SSSR count). The Balaban J connectivity index is 1.80. The van der Waals surface area contributed by atoms with Crippen molar-refractivity contribution < 1.29 is 0 Å². The highest BCUT2D eigenvalue weighted by Gasteiger charge is 2.21. The Kier molecular flexibility index (Phi) is 2.72. The van der Waals surface area contributed by atoms with Gasteiger partial charge in [-0.15, -0.1) is 0 Å². The van der Waals surface area contributed by atoms with Crippen molar-refractivity contribution in [2.45, 2.75) is 25.3 Å². The Morgan fingerprint density at radius 2 is 2.50 bits per heavy atom. The first kappa shape index (κ1) is 9.52. The highest BCUT2D eigenvalue weighted by molar-refractivity contribution is 5.25. The molecule has 0 radical (unpaired) electrons. The van der Waals surface area contributed by atoms with Gasteiger partial charge in [0.15, 0.2) is 0 Å². The van der Waals surface area contributed by atoms with Crippen LogP contribution in [0.2, 0.25) is 0 Å². The summed E-state index contributed by atoms with van der Waals surface area (Å²) in [6.45, 7) is 0.999. The van der Waals surface area contributed by atoms with Crippen LogP contribution in [0.3, 0.4) is 0 Å². The third-order valence-corrected chi connectivity index (χ3v) is 2.95. The second-order valence-corrected chi connectivity index (χ2v) is 4.18. The van der Waals surface area contributed by atoms with E-state index in [-0.39, 0.29) is 0 Å². The molecule has 14 heavy (non-hydrogen) atoms. The standard InChI is InChI=1S/C10H18N4/c1-14-5-4-12-10(14)13-7-8-2-3-9(11)6-8/h4-5,8-9H,2-3,6-7,11H2,1H3,(H,12,13). The quantitative estimate of drug-likeness (QED) is 0.753. The number of nitrogens with zero attached hydrogens (tertiary/aromatic N) is 2. The highest BCUT2D eigenvalue weighted by Crippen LogP contribution is 2.24. The van der Waals surface area contributed by atoms with E-state index in [0.717, 1.165) is 24.8 Å². The van der Waals surface area contributed by atoms with Crippen LogP contribution in [-0.2, 0) is 7.05 Å². The van der Waals surface area contributed by atoms with Gasteiger partial charge in [-0.05, 0) is 25.2 Å². The van der Waals surface area contributed by atoms with Gasteiger partial charge >= 0.3 is 0 Å². The summed E-state index contributed by atoms with van der Waals surface area (Å²) in [5.41, 5.74) is 5.86. The lowest BCUT2D eigenvalue weighted by molar-refractivity contribution is 0.562. The number of nitrogens with one attached hydrogen (secondary N) is 1. The third kappa shape index (κ3) is 2.07. The number of nitrogens with two attached hydrogens (primary N) is 1. The fraction of sp³-hybridized carbons (Fsp3) is 0.700. The molecule has 2 atom stereocenters. The molecular formula is C10H18N4. The zero-order valence-electron chi connectivity index (χ0n) is 8.61. The Hall–Kier alpha value is -1.03. The number of anilines is 1. The Labute approximate surface area is 84.5 Å². The van der Waals surface area contributed by atoms with Gasteiger partial charge in [-0.1, -0.05) is 0 Å². The minimum absolute atomic E-state index is 0.420. The lowest BCUT2D eigenvalue weighted by Gasteiger charge is -2.11. The number of aryl methyl sites for hydroxylation is 1. The SMILES string of the molecule is Cn1ccnc1NCC1CCC(N)C1. The molecule has 0 amide bonds. The Morgan fingerprint density at radius 3 is 3.07 bits per heavy atom. The van der Waals surface area contributed by atoms with Gasteiger partial charge in [0.25, 0.3) is 0 Å². The summed E-state index contributed by atoms with van der Waals surface area (Å²) in [6.07, 6.45) is 7.33. The number of rotatable bonds is 3. The monoisotopic (exact) mass is 194 g/mol. The van der Waals surface area contributed by atoms with E-state index in [9.17, 15) is 0 Å². The zero-order valence-corrected chi connectivity index (χ0v) is 8.61. The number of imidazole rings is 1. The highest BCUT2D eigenvalue weighted by atomic mass is 15.2. The molecule has 0 saturated heterocycles. The van der Waals surface area contributed by atoms with E-state index in [1.165, 1.54) is 12.8 Å². The summed E-state index contributed by atoms with van der Waals surface area (Å²) >= 11 is 0. The number of aromatic nitrogens is 2. The van der Waals surface area contributed by atoms with Gasteiger partial charge in [0.2, 0.25) is 5.95 Å². The van der Waals surface area contributed by atoms with Crippen LogP contribution >= 0.6 is 0 Å². The van der Waals surface area contributed by atoms with E-state index >= 15 is 0 Å². The largest absolute Gasteiger partial charge is 0.355 e. The Morgan fingerprint density at radius 1 is 1.64 bits per heavy atom. The maximum absolute atomic E-state index is 5.86. The molecule has 1 heterocycles. The lowest BCUT2D eigenvalue weighted by atomic mass is 10.1. The average Bonchev–Trinajstić information content (AvgIpc) is 2.72. The number of hydrogen-bond acceptors (Lipinski definition) is 3. The van der Waals surface area contributed by atoms with Crippen molar-refractivity contribution in [2.24, 2.45) is 18.7 Å². The summed E-state index contributed by atoms with van der Waals surface area (Å²) in [5, 5.41) is 3.35. The fourth-order valence-electron chi connectivity index (χ4n) is 2.07. The maximum atomic E-state index is 5.86. The van der Waals surface area contributed by atoms with Crippen LogP contribution in [0.5, 0.6) is 0 Å². The van der Waals surface area contributed by atoms with Gasteiger partial charge in [-0.25, -0.2) is 4.98 Å². The van der Waals surface area contributed by atoms with Crippen molar-refractivity contribution in [3.8, 4) is 0 Å². The smallest absolute Gasteiger partial charge is 0.202 e. The molecule has 0 aromatic carbocycles. The van der Waals surface area contributed by atoms with E-state index in [0.29, 0.717) is 6.04 Å². The minimum atomic E-state index is 0.420. The Bertz CT molecular complexity index is 294. The molecule has 1 aliphatic carbocycles. The molecule has 3 N–H and O–H groups in total. The van der Waals surface area contributed by atoms with Gasteiger partial charge < -0.3 is 15.6 Å². The molecule has 0 spiro atoms. The second kappa shape index (κ2) is 4.00. The minimum Gasteiger partial charge on any atom is -0.355 e. The van der Waals surface area contributed by atoms with Crippen molar-refractivity contribution in [3.05, 3.63) is 12.4 Å². The van der Waals surface area contributed by atoms with E-state index in [1.54, 1.807) is 0 Å². The zero-order chi connectivity index (χ0) is 9.97. The van der Waals surface area contributed by atoms with E-state index in [1.807, 2.05) is 24.0 Å². The van der Waals surface area contributed by atoms with Crippen LogP contribution in [0.15, 0.2) is 12.4 Å². The molecule has 4 heteroatoms. The first-order chi connectivity index (χ1) is 6.75. The molecule has 1 aromatic rings. The summed E-state index contributed by atoms with van der Waals surface area (Å²) in [5.74, 6) is 1.67. The molecule has 1 aliphatic rings. The van der Waals surface area contributed by atoms with Gasteiger partial charge in [-0.3, -0.25) is 0 Å². The van der Waals surface area contributed by atoms with Crippen LogP contribution < -0.4 is 11.1 Å². The van der Waals surface area contributed by atoms with Crippen molar-refractivity contribution in [2.75, 3.05) is 11.9 Å². The van der Waals surface area contributed by atoms with Crippen molar-refractivity contribution in [1.82, 2.24) is 9.55 Å². The molecule has 1 saturated carbocycles. The summed E-state index contributed by atoms with van der Waals surface area (Å²) in [7, 11) is 2.00. The molecule has 1 fully saturated rings.